The van der Waals surface area contributed by atoms with Crippen LogP contribution in [0.1, 0.15) is 48.4 Å². The first-order chi connectivity index (χ1) is 14.5. The SMILES string of the molecule is COc1ccc(C(CCCN(C)CCc2ccc3c(n2)NCCC3)CC(=O)O)cn1. The molecule has 2 aromatic rings. The zero-order chi connectivity index (χ0) is 21.3. The summed E-state index contributed by atoms with van der Waals surface area (Å²) in [5.41, 5.74) is 3.38. The summed E-state index contributed by atoms with van der Waals surface area (Å²) in [6.45, 7) is 2.85. The Morgan fingerprint density at radius 2 is 2.17 bits per heavy atom. The highest BCUT2D eigenvalue weighted by molar-refractivity contribution is 5.68. The van der Waals surface area contributed by atoms with Gasteiger partial charge in [-0.05, 0) is 62.4 Å². The normalized spacial score (nSPS) is 14.1. The Bertz CT molecular complexity index is 826. The third kappa shape index (κ3) is 6.42. The minimum atomic E-state index is -0.781. The number of anilines is 1. The molecule has 1 atom stereocenters. The van der Waals surface area contributed by atoms with Crippen LogP contribution in [0.3, 0.4) is 0 Å². The van der Waals surface area contributed by atoms with Crippen LogP contribution in [0.4, 0.5) is 5.82 Å². The number of nitrogens with zero attached hydrogens (tertiary/aromatic N) is 3. The first-order valence-corrected chi connectivity index (χ1v) is 10.7. The van der Waals surface area contributed by atoms with Crippen LogP contribution in [0.25, 0.3) is 0 Å². The number of aliphatic carboxylic acids is 1. The second-order valence-corrected chi connectivity index (χ2v) is 7.96. The van der Waals surface area contributed by atoms with E-state index in [0.717, 1.165) is 62.4 Å². The number of nitrogens with one attached hydrogen (secondary N) is 1. The second kappa shape index (κ2) is 10.9. The molecule has 0 amide bonds. The molecule has 7 nitrogen and oxygen atoms in total. The van der Waals surface area contributed by atoms with Gasteiger partial charge in [-0.3, -0.25) is 4.79 Å². The molecule has 0 aliphatic carbocycles. The van der Waals surface area contributed by atoms with Crippen LogP contribution in [-0.2, 0) is 17.6 Å². The maximum Gasteiger partial charge on any atom is 0.303 e. The predicted molar refractivity (Wildman–Crippen MR) is 117 cm³/mol. The van der Waals surface area contributed by atoms with Gasteiger partial charge in [0.15, 0.2) is 0 Å². The van der Waals surface area contributed by atoms with E-state index in [2.05, 4.69) is 34.4 Å². The largest absolute Gasteiger partial charge is 0.481 e. The van der Waals surface area contributed by atoms with Crippen molar-refractivity contribution in [3.8, 4) is 5.88 Å². The van der Waals surface area contributed by atoms with Gasteiger partial charge in [0.1, 0.15) is 5.82 Å². The lowest BCUT2D eigenvalue weighted by molar-refractivity contribution is -0.137. The second-order valence-electron chi connectivity index (χ2n) is 7.96. The molecule has 3 rings (SSSR count). The number of rotatable bonds is 11. The summed E-state index contributed by atoms with van der Waals surface area (Å²) >= 11 is 0. The number of fused-ring (bicyclic) bond motifs is 1. The summed E-state index contributed by atoms with van der Waals surface area (Å²) < 4.78 is 5.09. The first-order valence-electron chi connectivity index (χ1n) is 10.7. The number of carbonyl (C=O) groups is 1. The standard InChI is InChI=1S/C23H32N4O3/c1-27(14-11-20-9-7-17-5-3-12-24-23(17)26-20)13-4-6-18(15-22(28)29)19-8-10-21(30-2)25-16-19/h7-10,16,18H,3-6,11-15H2,1-2H3,(H,24,26)(H,28,29). The molecule has 0 aromatic carbocycles. The van der Waals surface area contributed by atoms with Gasteiger partial charge in [0, 0.05) is 37.5 Å². The number of ether oxygens (including phenoxy) is 1. The lowest BCUT2D eigenvalue weighted by Crippen LogP contribution is -2.23. The zero-order valence-electron chi connectivity index (χ0n) is 17.9. The average molecular weight is 413 g/mol. The molecule has 30 heavy (non-hydrogen) atoms. The van der Waals surface area contributed by atoms with E-state index in [-0.39, 0.29) is 12.3 Å². The van der Waals surface area contributed by atoms with Crippen LogP contribution in [0, 0.1) is 0 Å². The van der Waals surface area contributed by atoms with Crippen LogP contribution in [0.5, 0.6) is 5.88 Å². The number of pyridine rings is 2. The molecule has 0 radical (unpaired) electrons. The van der Waals surface area contributed by atoms with Crippen LogP contribution < -0.4 is 10.1 Å². The maximum absolute atomic E-state index is 11.3. The van der Waals surface area contributed by atoms with Crippen LogP contribution in [-0.4, -0.2) is 59.7 Å². The Balaban J connectivity index is 1.46. The number of methoxy groups -OCH3 is 1. The van der Waals surface area contributed by atoms with Crippen LogP contribution in [0.2, 0.25) is 0 Å². The number of aryl methyl sites for hydroxylation is 1. The van der Waals surface area contributed by atoms with E-state index in [1.54, 1.807) is 19.4 Å². The van der Waals surface area contributed by atoms with Crippen LogP contribution in [0.15, 0.2) is 30.5 Å². The fourth-order valence-electron chi connectivity index (χ4n) is 3.88. The fourth-order valence-corrected chi connectivity index (χ4v) is 3.88. The molecule has 0 bridgehead atoms. The van der Waals surface area contributed by atoms with Crippen molar-refractivity contribution in [2.24, 2.45) is 0 Å². The molecule has 2 aromatic heterocycles. The van der Waals surface area contributed by atoms with Crippen molar-refractivity contribution in [3.05, 3.63) is 47.3 Å². The van der Waals surface area contributed by atoms with E-state index in [0.29, 0.717) is 5.88 Å². The molecule has 0 saturated heterocycles. The van der Waals surface area contributed by atoms with E-state index < -0.39 is 5.97 Å². The van der Waals surface area contributed by atoms with Gasteiger partial charge in [-0.25, -0.2) is 9.97 Å². The fraction of sp³-hybridized carbons (Fsp3) is 0.522. The Morgan fingerprint density at radius 1 is 1.30 bits per heavy atom. The predicted octanol–water partition coefficient (Wildman–Crippen LogP) is 3.36. The van der Waals surface area contributed by atoms with Crippen molar-refractivity contribution < 1.29 is 14.6 Å². The first kappa shape index (κ1) is 22.0. The van der Waals surface area contributed by atoms with Crippen molar-refractivity contribution in [1.82, 2.24) is 14.9 Å². The molecule has 7 heteroatoms. The van der Waals surface area contributed by atoms with Gasteiger partial charge >= 0.3 is 5.97 Å². The highest BCUT2D eigenvalue weighted by Gasteiger charge is 2.17. The summed E-state index contributed by atoms with van der Waals surface area (Å²) in [6, 6.07) is 8.04. The summed E-state index contributed by atoms with van der Waals surface area (Å²) in [7, 11) is 3.68. The highest BCUT2D eigenvalue weighted by atomic mass is 16.5. The van der Waals surface area contributed by atoms with Gasteiger partial charge in [-0.15, -0.1) is 0 Å². The Hall–Kier alpha value is -2.67. The number of aromatic nitrogens is 2. The van der Waals surface area contributed by atoms with Crippen molar-refractivity contribution in [3.63, 3.8) is 0 Å². The van der Waals surface area contributed by atoms with Crippen molar-refractivity contribution >= 4 is 11.8 Å². The molecule has 1 aliphatic rings. The molecule has 0 saturated carbocycles. The molecule has 2 N–H and O–H groups in total. The van der Waals surface area contributed by atoms with Gasteiger partial charge in [-0.1, -0.05) is 12.1 Å². The molecule has 3 heterocycles. The number of hydrogen-bond acceptors (Lipinski definition) is 6. The van der Waals surface area contributed by atoms with Crippen molar-refractivity contribution in [2.45, 2.75) is 44.4 Å². The average Bonchev–Trinajstić information content (AvgIpc) is 2.76. The minimum absolute atomic E-state index is 0.0392. The number of carboxylic acids is 1. The Kier molecular flexibility index (Phi) is 8.02. The third-order valence-electron chi connectivity index (χ3n) is 5.65. The maximum atomic E-state index is 11.3. The number of carboxylic acid groups (broad SMARTS) is 1. The summed E-state index contributed by atoms with van der Waals surface area (Å²) in [5, 5.41) is 12.7. The topological polar surface area (TPSA) is 87.6 Å². The van der Waals surface area contributed by atoms with Gasteiger partial charge in [0.2, 0.25) is 5.88 Å². The van der Waals surface area contributed by atoms with E-state index in [1.807, 2.05) is 6.07 Å². The van der Waals surface area contributed by atoms with Gasteiger partial charge in [-0.2, -0.15) is 0 Å². The molecule has 0 spiro atoms. The summed E-state index contributed by atoms with van der Waals surface area (Å²) in [4.78, 5) is 22.6. The van der Waals surface area contributed by atoms with Crippen molar-refractivity contribution in [1.29, 1.82) is 0 Å². The zero-order valence-corrected chi connectivity index (χ0v) is 17.9. The van der Waals surface area contributed by atoms with Gasteiger partial charge in [0.25, 0.3) is 0 Å². The highest BCUT2D eigenvalue weighted by Crippen LogP contribution is 2.26. The van der Waals surface area contributed by atoms with E-state index >= 15 is 0 Å². The molecule has 0 fully saturated rings. The van der Waals surface area contributed by atoms with Crippen LogP contribution >= 0.6 is 0 Å². The van der Waals surface area contributed by atoms with E-state index in [1.165, 1.54) is 12.0 Å². The molecule has 1 unspecified atom stereocenters. The molecular formula is C23H32N4O3. The smallest absolute Gasteiger partial charge is 0.303 e. The quantitative estimate of drug-likeness (QED) is 0.585. The minimum Gasteiger partial charge on any atom is -0.481 e. The number of likely N-dealkylation sites (N-methyl/N-ethyl adjacent to an activating group) is 1. The Labute approximate surface area is 178 Å². The Morgan fingerprint density at radius 3 is 2.90 bits per heavy atom. The monoisotopic (exact) mass is 412 g/mol. The molecule has 1 aliphatic heterocycles. The van der Waals surface area contributed by atoms with E-state index in [9.17, 15) is 9.90 Å². The van der Waals surface area contributed by atoms with Gasteiger partial charge < -0.3 is 20.1 Å². The molecule has 162 valence electrons. The van der Waals surface area contributed by atoms with Crippen molar-refractivity contribution in [2.75, 3.05) is 39.1 Å². The third-order valence-corrected chi connectivity index (χ3v) is 5.65. The molecular weight excluding hydrogens is 380 g/mol. The van der Waals surface area contributed by atoms with Gasteiger partial charge in [0.05, 0.1) is 13.5 Å². The summed E-state index contributed by atoms with van der Waals surface area (Å²) in [5.74, 6) is 0.767. The lowest BCUT2D eigenvalue weighted by Gasteiger charge is -2.20. The lowest BCUT2D eigenvalue weighted by atomic mass is 9.92. The number of hydrogen-bond donors (Lipinski definition) is 2. The summed E-state index contributed by atoms with van der Waals surface area (Å²) in [6.07, 6.45) is 6.77. The van der Waals surface area contributed by atoms with E-state index in [4.69, 9.17) is 9.72 Å².